The number of carbonyl (C=O) groups is 1. The van der Waals surface area contributed by atoms with Crippen molar-refractivity contribution in [2.45, 2.75) is 26.2 Å². The van der Waals surface area contributed by atoms with E-state index in [1.165, 1.54) is 0 Å². The summed E-state index contributed by atoms with van der Waals surface area (Å²) in [6.07, 6.45) is 4.64. The molecule has 0 radical (unpaired) electrons. The van der Waals surface area contributed by atoms with E-state index >= 15 is 0 Å². The highest BCUT2D eigenvalue weighted by Gasteiger charge is 2.21. The minimum absolute atomic E-state index is 0.227. The van der Waals surface area contributed by atoms with Gasteiger partial charge in [-0.25, -0.2) is 0 Å². The molecular weight excluding hydrogens is 264 g/mol. The molecule has 0 bridgehead atoms. The van der Waals surface area contributed by atoms with Gasteiger partial charge in [0.2, 0.25) is 5.91 Å². The van der Waals surface area contributed by atoms with Crippen LogP contribution in [0.3, 0.4) is 0 Å². The van der Waals surface area contributed by atoms with Gasteiger partial charge in [0.1, 0.15) is 5.75 Å². The molecule has 1 saturated heterocycles. The first-order chi connectivity index (χ1) is 10.2. The lowest BCUT2D eigenvalue weighted by molar-refractivity contribution is -0.131. The summed E-state index contributed by atoms with van der Waals surface area (Å²) < 4.78 is 5.27. The van der Waals surface area contributed by atoms with E-state index in [9.17, 15) is 4.79 Å². The van der Waals surface area contributed by atoms with E-state index < -0.39 is 0 Å². The lowest BCUT2D eigenvalue weighted by Gasteiger charge is -2.30. The number of rotatable bonds is 3. The molecule has 1 fully saturated rings. The molecule has 0 unspecified atom stereocenters. The molecule has 112 valence electrons. The third-order valence-electron chi connectivity index (χ3n) is 4.45. The molecular formula is C17H22N2O2. The molecule has 1 aliphatic heterocycles. The van der Waals surface area contributed by atoms with E-state index in [4.69, 9.17) is 4.74 Å². The van der Waals surface area contributed by atoms with Gasteiger partial charge < -0.3 is 14.6 Å². The predicted octanol–water partition coefficient (Wildman–Crippen LogP) is 2.98. The molecule has 0 spiro atoms. The number of aromatic nitrogens is 1. The topological polar surface area (TPSA) is 45.3 Å². The Morgan fingerprint density at radius 1 is 1.38 bits per heavy atom. The van der Waals surface area contributed by atoms with Crippen LogP contribution in [0.15, 0.2) is 24.4 Å². The number of benzene rings is 1. The van der Waals surface area contributed by atoms with Crippen molar-refractivity contribution in [2.24, 2.45) is 5.92 Å². The number of fused-ring (bicyclic) bond motifs is 1. The quantitative estimate of drug-likeness (QED) is 0.943. The average molecular weight is 286 g/mol. The number of ether oxygens (including phenoxy) is 1. The number of H-pyrrole nitrogens is 1. The first-order valence-corrected chi connectivity index (χ1v) is 7.59. The lowest BCUT2D eigenvalue weighted by atomic mass is 9.98. The van der Waals surface area contributed by atoms with Crippen LogP contribution in [-0.4, -0.2) is 36.0 Å². The fourth-order valence-electron chi connectivity index (χ4n) is 2.96. The van der Waals surface area contributed by atoms with Gasteiger partial charge in [-0.15, -0.1) is 0 Å². The summed E-state index contributed by atoms with van der Waals surface area (Å²) in [7, 11) is 1.66. The predicted molar refractivity (Wildman–Crippen MR) is 83.5 cm³/mol. The van der Waals surface area contributed by atoms with Crippen molar-refractivity contribution in [3.63, 3.8) is 0 Å². The number of methoxy groups -OCH3 is 1. The first-order valence-electron chi connectivity index (χ1n) is 7.59. The maximum Gasteiger partial charge on any atom is 0.227 e. The SMILES string of the molecule is COc1ccc2[nH]cc(CC(=O)N3CCC(C)CC3)c2c1. The maximum atomic E-state index is 12.5. The number of hydrogen-bond donors (Lipinski definition) is 1. The summed E-state index contributed by atoms with van der Waals surface area (Å²) in [4.78, 5) is 17.7. The van der Waals surface area contributed by atoms with Crippen LogP contribution in [0, 0.1) is 5.92 Å². The molecule has 0 atom stereocenters. The van der Waals surface area contributed by atoms with Crippen molar-refractivity contribution in [2.75, 3.05) is 20.2 Å². The smallest absolute Gasteiger partial charge is 0.227 e. The Bertz CT molecular complexity index is 639. The van der Waals surface area contributed by atoms with Crippen LogP contribution in [-0.2, 0) is 11.2 Å². The summed E-state index contributed by atoms with van der Waals surface area (Å²) in [6, 6.07) is 5.91. The van der Waals surface area contributed by atoms with Crippen LogP contribution in [0.1, 0.15) is 25.3 Å². The van der Waals surface area contributed by atoms with Crippen molar-refractivity contribution >= 4 is 16.8 Å². The summed E-state index contributed by atoms with van der Waals surface area (Å²) in [5.74, 6) is 1.79. The Kier molecular flexibility index (Phi) is 3.86. The Hall–Kier alpha value is -1.97. The van der Waals surface area contributed by atoms with Gasteiger partial charge >= 0.3 is 0 Å². The molecule has 0 aliphatic carbocycles. The van der Waals surface area contributed by atoms with Crippen LogP contribution in [0.25, 0.3) is 10.9 Å². The second kappa shape index (κ2) is 5.80. The monoisotopic (exact) mass is 286 g/mol. The van der Waals surface area contributed by atoms with Crippen molar-refractivity contribution in [3.05, 3.63) is 30.0 Å². The molecule has 1 amide bonds. The number of nitrogens with zero attached hydrogens (tertiary/aromatic N) is 1. The largest absolute Gasteiger partial charge is 0.497 e. The molecule has 1 aromatic heterocycles. The van der Waals surface area contributed by atoms with E-state index in [0.717, 1.165) is 54.1 Å². The Morgan fingerprint density at radius 3 is 2.86 bits per heavy atom. The van der Waals surface area contributed by atoms with Crippen molar-refractivity contribution in [1.82, 2.24) is 9.88 Å². The van der Waals surface area contributed by atoms with Gasteiger partial charge in [0.25, 0.3) is 0 Å². The summed E-state index contributed by atoms with van der Waals surface area (Å²) in [5.41, 5.74) is 2.10. The third-order valence-corrected chi connectivity index (χ3v) is 4.45. The number of nitrogens with one attached hydrogen (secondary N) is 1. The van der Waals surface area contributed by atoms with Gasteiger partial charge in [-0.3, -0.25) is 4.79 Å². The number of aromatic amines is 1. The molecule has 4 heteroatoms. The normalized spacial score (nSPS) is 16.4. The van der Waals surface area contributed by atoms with Crippen molar-refractivity contribution in [3.8, 4) is 5.75 Å². The Labute approximate surface area is 125 Å². The molecule has 21 heavy (non-hydrogen) atoms. The highest BCUT2D eigenvalue weighted by Crippen LogP contribution is 2.25. The van der Waals surface area contributed by atoms with Gasteiger partial charge in [-0.05, 0) is 42.5 Å². The van der Waals surface area contributed by atoms with Crippen molar-refractivity contribution < 1.29 is 9.53 Å². The molecule has 1 N–H and O–H groups in total. The number of piperidine rings is 1. The number of likely N-dealkylation sites (tertiary alicyclic amines) is 1. The number of amides is 1. The summed E-state index contributed by atoms with van der Waals surface area (Å²) in [6.45, 7) is 4.05. The van der Waals surface area contributed by atoms with E-state index in [0.29, 0.717) is 6.42 Å². The average Bonchev–Trinajstić information content (AvgIpc) is 2.90. The van der Waals surface area contributed by atoms with Crippen LogP contribution in [0.4, 0.5) is 0 Å². The van der Waals surface area contributed by atoms with Gasteiger partial charge in [-0.2, -0.15) is 0 Å². The second-order valence-electron chi connectivity index (χ2n) is 5.97. The number of carbonyl (C=O) groups excluding carboxylic acids is 1. The van der Waals surface area contributed by atoms with Crippen LogP contribution in [0.2, 0.25) is 0 Å². The maximum absolute atomic E-state index is 12.5. The first kappa shape index (κ1) is 14.0. The molecule has 3 rings (SSSR count). The zero-order chi connectivity index (χ0) is 14.8. The molecule has 0 saturated carbocycles. The fraction of sp³-hybridized carbons (Fsp3) is 0.471. The standard InChI is InChI=1S/C17H22N2O2/c1-12-5-7-19(8-6-12)17(20)9-13-11-18-16-4-3-14(21-2)10-15(13)16/h3-4,10-12,18H,5-9H2,1-2H3. The molecule has 2 aromatic rings. The summed E-state index contributed by atoms with van der Waals surface area (Å²) in [5, 5.41) is 1.08. The Morgan fingerprint density at radius 2 is 2.14 bits per heavy atom. The van der Waals surface area contributed by atoms with Gasteiger partial charge in [0.05, 0.1) is 13.5 Å². The highest BCUT2D eigenvalue weighted by atomic mass is 16.5. The Balaban J connectivity index is 1.76. The lowest BCUT2D eigenvalue weighted by Crippen LogP contribution is -2.38. The number of hydrogen-bond acceptors (Lipinski definition) is 2. The van der Waals surface area contributed by atoms with Gasteiger partial charge in [-0.1, -0.05) is 6.92 Å². The second-order valence-corrected chi connectivity index (χ2v) is 5.97. The van der Waals surface area contributed by atoms with Crippen LogP contribution < -0.4 is 4.74 Å². The van der Waals surface area contributed by atoms with Gasteiger partial charge in [0, 0.05) is 30.2 Å². The zero-order valence-corrected chi connectivity index (χ0v) is 12.7. The minimum Gasteiger partial charge on any atom is -0.497 e. The molecule has 1 aromatic carbocycles. The highest BCUT2D eigenvalue weighted by molar-refractivity contribution is 5.89. The molecule has 4 nitrogen and oxygen atoms in total. The van der Waals surface area contributed by atoms with Crippen molar-refractivity contribution in [1.29, 1.82) is 0 Å². The third kappa shape index (κ3) is 2.89. The van der Waals surface area contributed by atoms with E-state index in [2.05, 4.69) is 11.9 Å². The van der Waals surface area contributed by atoms with E-state index in [1.54, 1.807) is 7.11 Å². The fourth-order valence-corrected chi connectivity index (χ4v) is 2.96. The minimum atomic E-state index is 0.227. The molecule has 1 aliphatic rings. The van der Waals surface area contributed by atoms with Crippen LogP contribution in [0.5, 0.6) is 5.75 Å². The molecule has 2 heterocycles. The van der Waals surface area contributed by atoms with Gasteiger partial charge in [0.15, 0.2) is 0 Å². The summed E-state index contributed by atoms with van der Waals surface area (Å²) >= 11 is 0. The van der Waals surface area contributed by atoms with E-state index in [-0.39, 0.29) is 5.91 Å². The van der Waals surface area contributed by atoms with Crippen LogP contribution >= 0.6 is 0 Å². The van der Waals surface area contributed by atoms with E-state index in [1.807, 2.05) is 29.3 Å². The zero-order valence-electron chi connectivity index (χ0n) is 12.7.